The van der Waals surface area contributed by atoms with Crippen molar-refractivity contribution in [1.29, 1.82) is 0 Å². The molecule has 5 atom stereocenters. The van der Waals surface area contributed by atoms with Gasteiger partial charge in [-0.1, -0.05) is 40.4 Å². The van der Waals surface area contributed by atoms with Gasteiger partial charge in [-0.25, -0.2) is 0 Å². The average molecular weight is 255 g/mol. The Labute approximate surface area is 95.3 Å². The van der Waals surface area contributed by atoms with Crippen LogP contribution >= 0.6 is 15.9 Å². The molecule has 1 heteroatoms. The summed E-state index contributed by atoms with van der Waals surface area (Å²) in [5, 5.41) is 0. The second-order valence-electron chi connectivity index (χ2n) is 5.59. The van der Waals surface area contributed by atoms with Gasteiger partial charge >= 0.3 is 0 Å². The molecule has 0 N–H and O–H groups in total. The number of fused-ring (bicyclic) bond motifs is 2. The van der Waals surface area contributed by atoms with E-state index >= 15 is 0 Å². The summed E-state index contributed by atoms with van der Waals surface area (Å²) in [6.45, 7) is 2.31. The zero-order valence-corrected chi connectivity index (χ0v) is 10.5. The zero-order valence-electron chi connectivity index (χ0n) is 8.88. The van der Waals surface area contributed by atoms with E-state index < -0.39 is 0 Å². The lowest BCUT2D eigenvalue weighted by Crippen LogP contribution is -2.35. The number of hydrogen-bond acceptors (Lipinski definition) is 0. The average Bonchev–Trinajstić information content (AvgIpc) is 2.71. The minimum atomic E-state index is 0.797. The molecule has 0 bridgehead atoms. The molecule has 2 saturated carbocycles. The topological polar surface area (TPSA) is 0 Å². The van der Waals surface area contributed by atoms with Crippen LogP contribution in [0, 0.1) is 23.7 Å². The van der Waals surface area contributed by atoms with Crippen LogP contribution in [0.15, 0.2) is 11.6 Å². The molecule has 3 aliphatic rings. The fraction of sp³-hybridized carbons (Fsp3) is 0.846. The summed E-state index contributed by atoms with van der Waals surface area (Å²) in [6.07, 6.45) is 9.94. The van der Waals surface area contributed by atoms with Gasteiger partial charge in [0, 0.05) is 4.83 Å². The van der Waals surface area contributed by atoms with Gasteiger partial charge in [0.1, 0.15) is 0 Å². The summed E-state index contributed by atoms with van der Waals surface area (Å²) < 4.78 is 0. The van der Waals surface area contributed by atoms with Gasteiger partial charge in [0.15, 0.2) is 0 Å². The van der Waals surface area contributed by atoms with E-state index in [-0.39, 0.29) is 0 Å². The Morgan fingerprint density at radius 1 is 1.29 bits per heavy atom. The minimum absolute atomic E-state index is 0.797. The van der Waals surface area contributed by atoms with Crippen LogP contribution in [0.4, 0.5) is 0 Å². The van der Waals surface area contributed by atoms with E-state index in [1.807, 2.05) is 0 Å². The molecular weight excluding hydrogens is 236 g/mol. The zero-order chi connectivity index (χ0) is 9.71. The maximum absolute atomic E-state index is 3.99. The molecule has 0 spiro atoms. The van der Waals surface area contributed by atoms with Crippen molar-refractivity contribution in [2.45, 2.75) is 43.9 Å². The predicted molar refractivity (Wildman–Crippen MR) is 63.5 cm³/mol. The highest BCUT2D eigenvalue weighted by molar-refractivity contribution is 9.09. The summed E-state index contributed by atoms with van der Waals surface area (Å²) in [5.74, 6) is 3.91. The van der Waals surface area contributed by atoms with Crippen LogP contribution in [0.1, 0.15) is 39.0 Å². The van der Waals surface area contributed by atoms with Gasteiger partial charge < -0.3 is 0 Å². The highest BCUT2D eigenvalue weighted by atomic mass is 79.9. The maximum Gasteiger partial charge on any atom is 0.0242 e. The molecule has 0 aromatic heterocycles. The quantitative estimate of drug-likeness (QED) is 0.450. The number of allylic oxidation sites excluding steroid dienone is 2. The fourth-order valence-corrected chi connectivity index (χ4v) is 5.41. The molecule has 0 amide bonds. The summed E-state index contributed by atoms with van der Waals surface area (Å²) in [4.78, 5) is 0.797. The van der Waals surface area contributed by atoms with E-state index in [9.17, 15) is 0 Å². The summed E-state index contributed by atoms with van der Waals surface area (Å²) in [6, 6.07) is 0. The van der Waals surface area contributed by atoms with Gasteiger partial charge in [0.05, 0.1) is 0 Å². The summed E-state index contributed by atoms with van der Waals surface area (Å²) in [7, 11) is 0. The second-order valence-corrected chi connectivity index (χ2v) is 6.65. The lowest BCUT2D eigenvalue weighted by molar-refractivity contribution is 0.185. The fourth-order valence-electron chi connectivity index (χ4n) is 4.13. The van der Waals surface area contributed by atoms with Crippen LogP contribution in [0.25, 0.3) is 0 Å². The van der Waals surface area contributed by atoms with Crippen molar-refractivity contribution < 1.29 is 0 Å². The molecule has 3 rings (SSSR count). The molecule has 5 unspecified atom stereocenters. The van der Waals surface area contributed by atoms with E-state index in [0.29, 0.717) is 0 Å². The van der Waals surface area contributed by atoms with E-state index in [4.69, 9.17) is 0 Å². The van der Waals surface area contributed by atoms with Crippen LogP contribution < -0.4 is 0 Å². The molecule has 0 aromatic carbocycles. The smallest absolute Gasteiger partial charge is 0.0242 e. The molecule has 14 heavy (non-hydrogen) atoms. The summed E-state index contributed by atoms with van der Waals surface area (Å²) >= 11 is 3.99. The van der Waals surface area contributed by atoms with Crippen molar-refractivity contribution >= 4 is 15.9 Å². The molecule has 0 saturated heterocycles. The molecule has 3 aliphatic carbocycles. The largest absolute Gasteiger partial charge is 0.0881 e. The van der Waals surface area contributed by atoms with Crippen molar-refractivity contribution in [1.82, 2.24) is 0 Å². The molecule has 2 fully saturated rings. The Balaban J connectivity index is 1.85. The van der Waals surface area contributed by atoms with Gasteiger partial charge in [-0.05, 0) is 49.9 Å². The molecule has 0 aromatic rings. The third kappa shape index (κ3) is 1.31. The number of halogens is 1. The number of hydrogen-bond donors (Lipinski definition) is 0. The third-order valence-corrected chi connectivity index (χ3v) is 6.00. The highest BCUT2D eigenvalue weighted by Crippen LogP contribution is 2.53. The van der Waals surface area contributed by atoms with Gasteiger partial charge in [-0.15, -0.1) is 0 Å². The first kappa shape index (κ1) is 9.45. The SMILES string of the molecule is CC1=CC2C(C1)CC1CCCC1C2Br. The van der Waals surface area contributed by atoms with Crippen molar-refractivity contribution in [2.75, 3.05) is 0 Å². The maximum atomic E-state index is 3.99. The standard InChI is InChI=1S/C13H19Br/c1-8-5-10-7-9-3-2-4-11(9)13(14)12(10)6-8/h6,9-13H,2-5,7H2,1H3. The molecule has 0 radical (unpaired) electrons. The van der Waals surface area contributed by atoms with E-state index in [0.717, 1.165) is 28.5 Å². The number of alkyl halides is 1. The molecule has 78 valence electrons. The normalized spacial score (nSPS) is 51.3. The molecular formula is C13H19Br. The van der Waals surface area contributed by atoms with Gasteiger partial charge in [0.2, 0.25) is 0 Å². The van der Waals surface area contributed by atoms with Gasteiger partial charge in [0.25, 0.3) is 0 Å². The molecule has 0 aliphatic heterocycles. The van der Waals surface area contributed by atoms with Crippen molar-refractivity contribution in [3.05, 3.63) is 11.6 Å². The Hall–Kier alpha value is 0.220. The van der Waals surface area contributed by atoms with Crippen LogP contribution in [0.3, 0.4) is 0 Å². The van der Waals surface area contributed by atoms with Crippen LogP contribution in [0.5, 0.6) is 0 Å². The Morgan fingerprint density at radius 3 is 3.00 bits per heavy atom. The minimum Gasteiger partial charge on any atom is -0.0881 e. The van der Waals surface area contributed by atoms with E-state index in [1.54, 1.807) is 5.57 Å². The first-order valence-corrected chi connectivity index (χ1v) is 6.98. The van der Waals surface area contributed by atoms with Crippen LogP contribution in [-0.4, -0.2) is 4.83 Å². The van der Waals surface area contributed by atoms with E-state index in [2.05, 4.69) is 28.9 Å². The Kier molecular flexibility index (Phi) is 2.27. The van der Waals surface area contributed by atoms with Crippen LogP contribution in [-0.2, 0) is 0 Å². The van der Waals surface area contributed by atoms with Crippen molar-refractivity contribution in [3.8, 4) is 0 Å². The second kappa shape index (κ2) is 3.37. The highest BCUT2D eigenvalue weighted by Gasteiger charge is 2.45. The lowest BCUT2D eigenvalue weighted by Gasteiger charge is -2.39. The predicted octanol–water partition coefficient (Wildman–Crippen LogP) is 4.15. The summed E-state index contributed by atoms with van der Waals surface area (Å²) in [5.41, 5.74) is 1.64. The van der Waals surface area contributed by atoms with E-state index in [1.165, 1.54) is 32.1 Å². The first-order chi connectivity index (χ1) is 6.75. The lowest BCUT2D eigenvalue weighted by atomic mass is 9.71. The molecule has 0 heterocycles. The Bertz CT molecular complexity index is 268. The molecule has 0 nitrogen and oxygen atoms in total. The number of rotatable bonds is 0. The van der Waals surface area contributed by atoms with Gasteiger partial charge in [-0.3, -0.25) is 0 Å². The van der Waals surface area contributed by atoms with Crippen molar-refractivity contribution in [3.63, 3.8) is 0 Å². The monoisotopic (exact) mass is 254 g/mol. The van der Waals surface area contributed by atoms with Gasteiger partial charge in [-0.2, -0.15) is 0 Å². The van der Waals surface area contributed by atoms with Crippen molar-refractivity contribution in [2.24, 2.45) is 23.7 Å². The third-order valence-electron chi connectivity index (χ3n) is 4.71. The Morgan fingerprint density at radius 2 is 2.14 bits per heavy atom. The first-order valence-electron chi connectivity index (χ1n) is 6.07. The van der Waals surface area contributed by atoms with Crippen LogP contribution in [0.2, 0.25) is 0 Å².